The lowest BCUT2D eigenvalue weighted by Crippen LogP contribution is -2.34. The summed E-state index contributed by atoms with van der Waals surface area (Å²) < 4.78 is 0. The Bertz CT molecular complexity index is 445. The van der Waals surface area contributed by atoms with E-state index in [0.29, 0.717) is 13.0 Å². The molecule has 1 fully saturated rings. The number of nitrogens with zero attached hydrogens (tertiary/aromatic N) is 1. The molecule has 1 aromatic heterocycles. The first-order valence-corrected chi connectivity index (χ1v) is 7.82. The number of rotatable bonds is 4. The molecule has 0 aliphatic heterocycles. The van der Waals surface area contributed by atoms with Gasteiger partial charge >= 0.3 is 0 Å². The predicted molar refractivity (Wildman–Crippen MR) is 76.0 cm³/mol. The monoisotopic (exact) mass is 282 g/mol. The maximum atomic E-state index is 12.1. The first-order valence-electron chi connectivity index (χ1n) is 7.01. The highest BCUT2D eigenvalue weighted by molar-refractivity contribution is 7.11. The van der Waals surface area contributed by atoms with Crippen molar-refractivity contribution in [2.45, 2.75) is 58.6 Å². The van der Waals surface area contributed by atoms with Gasteiger partial charge in [-0.15, -0.1) is 11.3 Å². The van der Waals surface area contributed by atoms with Crippen LogP contribution < -0.4 is 5.32 Å². The number of nitrogens with one attached hydrogen (secondary N) is 1. The smallest absolute Gasteiger partial charge is 0.223 e. The number of carbonyl (C=O) groups excluding carboxylic acids is 1. The molecule has 5 heteroatoms. The summed E-state index contributed by atoms with van der Waals surface area (Å²) in [6, 6.07) is 0. The van der Waals surface area contributed by atoms with Crippen molar-refractivity contribution in [2.75, 3.05) is 0 Å². The molecule has 1 amide bonds. The second kappa shape index (κ2) is 6.48. The van der Waals surface area contributed by atoms with Gasteiger partial charge in [-0.1, -0.05) is 13.3 Å². The Morgan fingerprint density at radius 3 is 3.00 bits per heavy atom. The summed E-state index contributed by atoms with van der Waals surface area (Å²) in [6.07, 6.45) is 3.87. The minimum Gasteiger partial charge on any atom is -0.393 e. The summed E-state index contributed by atoms with van der Waals surface area (Å²) in [4.78, 5) is 17.7. The van der Waals surface area contributed by atoms with E-state index in [1.54, 1.807) is 11.3 Å². The van der Waals surface area contributed by atoms with Crippen molar-refractivity contribution in [1.82, 2.24) is 10.3 Å². The number of carbonyl (C=O) groups is 1. The molecule has 0 unspecified atom stereocenters. The van der Waals surface area contributed by atoms with Crippen LogP contribution in [0.25, 0.3) is 0 Å². The van der Waals surface area contributed by atoms with E-state index in [0.717, 1.165) is 41.3 Å². The lowest BCUT2D eigenvalue weighted by Gasteiger charge is -2.24. The second-order valence-corrected chi connectivity index (χ2v) is 6.48. The van der Waals surface area contributed by atoms with Gasteiger partial charge in [0.05, 0.1) is 23.4 Å². The highest BCUT2D eigenvalue weighted by Gasteiger charge is 2.26. The van der Waals surface area contributed by atoms with E-state index in [2.05, 4.69) is 17.2 Å². The van der Waals surface area contributed by atoms with Crippen molar-refractivity contribution in [3.8, 4) is 0 Å². The Morgan fingerprint density at radius 1 is 1.53 bits per heavy atom. The molecule has 2 rings (SSSR count). The molecule has 1 aliphatic carbocycles. The SMILES string of the molecule is CCc1nc(C)sc1CNC(=O)[C@@H]1CCC[C@H](O)C1. The molecule has 1 aromatic rings. The van der Waals surface area contributed by atoms with Gasteiger partial charge in [-0.3, -0.25) is 4.79 Å². The molecule has 1 heterocycles. The first-order chi connectivity index (χ1) is 9.10. The van der Waals surface area contributed by atoms with E-state index in [1.165, 1.54) is 0 Å². The highest BCUT2D eigenvalue weighted by Crippen LogP contribution is 2.25. The molecular formula is C14H22N2O2S. The van der Waals surface area contributed by atoms with Crippen molar-refractivity contribution in [1.29, 1.82) is 0 Å². The lowest BCUT2D eigenvalue weighted by atomic mass is 9.87. The van der Waals surface area contributed by atoms with Gasteiger partial charge in [0.1, 0.15) is 0 Å². The number of hydrogen-bond acceptors (Lipinski definition) is 4. The van der Waals surface area contributed by atoms with Gasteiger partial charge in [0, 0.05) is 10.8 Å². The van der Waals surface area contributed by atoms with Crippen LogP contribution in [0, 0.1) is 12.8 Å². The molecule has 2 atom stereocenters. The van der Waals surface area contributed by atoms with Gasteiger partial charge in [0.2, 0.25) is 5.91 Å². The van der Waals surface area contributed by atoms with Crippen molar-refractivity contribution >= 4 is 17.2 Å². The van der Waals surface area contributed by atoms with Gasteiger partial charge in [-0.25, -0.2) is 4.98 Å². The number of aliphatic hydroxyl groups is 1. The van der Waals surface area contributed by atoms with Crippen molar-refractivity contribution in [2.24, 2.45) is 5.92 Å². The number of aryl methyl sites for hydroxylation is 2. The van der Waals surface area contributed by atoms with Crippen LogP contribution in [-0.4, -0.2) is 22.1 Å². The average molecular weight is 282 g/mol. The van der Waals surface area contributed by atoms with Gasteiger partial charge in [0.25, 0.3) is 0 Å². The maximum absolute atomic E-state index is 12.1. The van der Waals surface area contributed by atoms with Gasteiger partial charge in [0.15, 0.2) is 0 Å². The Labute approximate surface area is 118 Å². The topological polar surface area (TPSA) is 62.2 Å². The number of aliphatic hydroxyl groups excluding tert-OH is 1. The fourth-order valence-electron chi connectivity index (χ4n) is 2.64. The molecule has 0 aromatic carbocycles. The maximum Gasteiger partial charge on any atom is 0.223 e. The summed E-state index contributed by atoms with van der Waals surface area (Å²) in [5, 5.41) is 13.7. The number of thiazole rings is 1. The summed E-state index contributed by atoms with van der Waals surface area (Å²) in [7, 11) is 0. The zero-order chi connectivity index (χ0) is 13.8. The number of amides is 1. The summed E-state index contributed by atoms with van der Waals surface area (Å²) in [6.45, 7) is 4.64. The molecule has 0 radical (unpaired) electrons. The Morgan fingerprint density at radius 2 is 2.32 bits per heavy atom. The molecule has 1 aliphatic rings. The molecule has 4 nitrogen and oxygen atoms in total. The average Bonchev–Trinajstić information content (AvgIpc) is 2.76. The van der Waals surface area contributed by atoms with Gasteiger partial charge < -0.3 is 10.4 Å². The summed E-state index contributed by atoms with van der Waals surface area (Å²) in [5.74, 6) is 0.0506. The molecule has 0 bridgehead atoms. The molecule has 0 spiro atoms. The van der Waals surface area contributed by atoms with Crippen LogP contribution in [0.2, 0.25) is 0 Å². The largest absolute Gasteiger partial charge is 0.393 e. The van der Waals surface area contributed by atoms with Crippen LogP contribution in [0.4, 0.5) is 0 Å². The zero-order valence-electron chi connectivity index (χ0n) is 11.6. The van der Waals surface area contributed by atoms with Crippen LogP contribution in [0.5, 0.6) is 0 Å². The van der Waals surface area contributed by atoms with Crippen LogP contribution in [0.1, 0.15) is 48.2 Å². The Balaban J connectivity index is 1.89. The normalized spacial score (nSPS) is 23.3. The van der Waals surface area contributed by atoms with Crippen LogP contribution in [0.15, 0.2) is 0 Å². The molecule has 106 valence electrons. The Kier molecular flexibility index (Phi) is 4.93. The molecule has 0 saturated heterocycles. The predicted octanol–water partition coefficient (Wildman–Crippen LogP) is 2.18. The van der Waals surface area contributed by atoms with Crippen LogP contribution >= 0.6 is 11.3 Å². The van der Waals surface area contributed by atoms with Gasteiger partial charge in [-0.05, 0) is 32.6 Å². The lowest BCUT2D eigenvalue weighted by molar-refractivity contribution is -0.127. The highest BCUT2D eigenvalue weighted by atomic mass is 32.1. The minimum atomic E-state index is -0.304. The van der Waals surface area contributed by atoms with E-state index in [9.17, 15) is 9.90 Å². The summed E-state index contributed by atoms with van der Waals surface area (Å²) in [5.41, 5.74) is 1.09. The van der Waals surface area contributed by atoms with Crippen LogP contribution in [-0.2, 0) is 17.8 Å². The van der Waals surface area contributed by atoms with Crippen molar-refractivity contribution in [3.63, 3.8) is 0 Å². The fraction of sp³-hybridized carbons (Fsp3) is 0.714. The molecule has 2 N–H and O–H groups in total. The van der Waals surface area contributed by atoms with Crippen molar-refractivity contribution < 1.29 is 9.90 Å². The number of aromatic nitrogens is 1. The quantitative estimate of drug-likeness (QED) is 0.890. The third kappa shape index (κ3) is 3.76. The van der Waals surface area contributed by atoms with E-state index in [4.69, 9.17) is 0 Å². The Hall–Kier alpha value is -0.940. The zero-order valence-corrected chi connectivity index (χ0v) is 12.4. The van der Waals surface area contributed by atoms with Gasteiger partial charge in [-0.2, -0.15) is 0 Å². The van der Waals surface area contributed by atoms with E-state index >= 15 is 0 Å². The van der Waals surface area contributed by atoms with E-state index in [1.807, 2.05) is 6.92 Å². The number of hydrogen-bond donors (Lipinski definition) is 2. The van der Waals surface area contributed by atoms with E-state index < -0.39 is 0 Å². The van der Waals surface area contributed by atoms with Crippen molar-refractivity contribution in [3.05, 3.63) is 15.6 Å². The molecule has 1 saturated carbocycles. The fourth-order valence-corrected chi connectivity index (χ4v) is 3.61. The second-order valence-electron chi connectivity index (χ2n) is 5.19. The standard InChI is InChI=1S/C14H22N2O2S/c1-3-12-13(19-9(2)16-12)8-15-14(18)10-5-4-6-11(17)7-10/h10-11,17H,3-8H2,1-2H3,(H,15,18)/t10-,11+/m1/s1. The molecular weight excluding hydrogens is 260 g/mol. The third-order valence-electron chi connectivity index (χ3n) is 3.66. The van der Waals surface area contributed by atoms with Crippen LogP contribution in [0.3, 0.4) is 0 Å². The summed E-state index contributed by atoms with van der Waals surface area (Å²) >= 11 is 1.65. The molecule has 19 heavy (non-hydrogen) atoms. The first kappa shape index (κ1) is 14.5. The van der Waals surface area contributed by atoms with E-state index in [-0.39, 0.29) is 17.9 Å². The third-order valence-corrected chi connectivity index (χ3v) is 4.67. The minimum absolute atomic E-state index is 0.0251.